The summed E-state index contributed by atoms with van der Waals surface area (Å²) in [4.78, 5) is 40.3. The molecule has 1 aliphatic heterocycles. The van der Waals surface area contributed by atoms with Gasteiger partial charge in [-0.25, -0.2) is 4.79 Å². The molecule has 2 aromatic rings. The maximum absolute atomic E-state index is 12.8. The first-order chi connectivity index (χ1) is 15.0. The highest BCUT2D eigenvalue weighted by molar-refractivity contribution is 6.30. The van der Waals surface area contributed by atoms with Crippen LogP contribution in [-0.2, 0) is 9.47 Å². The summed E-state index contributed by atoms with van der Waals surface area (Å²) in [6.45, 7) is 4.40. The molecule has 0 atom stereocenters. The second-order valence-electron chi connectivity index (χ2n) is 7.57. The Kier molecular flexibility index (Phi) is 7.50. The van der Waals surface area contributed by atoms with Crippen LogP contribution in [0.25, 0.3) is 0 Å². The van der Waals surface area contributed by atoms with Crippen molar-refractivity contribution in [1.29, 1.82) is 0 Å². The molecule has 1 heterocycles. The number of carbonyl (C=O) groups excluding carboxylic acids is 3. The van der Waals surface area contributed by atoms with Crippen molar-refractivity contribution in [3.8, 4) is 11.5 Å². The van der Waals surface area contributed by atoms with Gasteiger partial charge in [0.2, 0.25) is 5.78 Å². The van der Waals surface area contributed by atoms with E-state index in [1.165, 1.54) is 24.3 Å². The maximum atomic E-state index is 12.8. The van der Waals surface area contributed by atoms with Crippen molar-refractivity contribution in [2.24, 2.45) is 0 Å². The number of ketones is 2. The number of benzene rings is 2. The molecule has 170 valence electrons. The Balaban J connectivity index is 0.00000289. The first kappa shape index (κ1) is 23.7. The number of aromatic hydroxyl groups is 2. The molecule has 2 aromatic carbocycles. The van der Waals surface area contributed by atoms with Crippen molar-refractivity contribution in [1.82, 2.24) is 4.90 Å². The van der Waals surface area contributed by atoms with Crippen molar-refractivity contribution in [2.75, 3.05) is 39.5 Å². The number of hydrogen-bond donors (Lipinski definition) is 2. The molecule has 8 nitrogen and oxygen atoms in total. The topological polar surface area (TPSA) is 113 Å². The minimum atomic E-state index is -0.675. The SMILES string of the molecule is Cl.O=C(OCCCCN1CCOCC1)c1cc(O)c2c(c1)C(=O)c1cccc(O)c1C2=O. The van der Waals surface area contributed by atoms with Crippen LogP contribution in [-0.4, -0.2) is 72.1 Å². The summed E-state index contributed by atoms with van der Waals surface area (Å²) < 4.78 is 10.6. The van der Waals surface area contributed by atoms with E-state index < -0.39 is 23.3 Å². The molecule has 4 rings (SSSR count). The number of esters is 1. The smallest absolute Gasteiger partial charge is 0.338 e. The molecule has 1 aliphatic carbocycles. The van der Waals surface area contributed by atoms with Crippen LogP contribution >= 0.6 is 12.4 Å². The number of carbonyl (C=O) groups is 3. The molecule has 1 saturated heterocycles. The highest BCUT2D eigenvalue weighted by atomic mass is 35.5. The lowest BCUT2D eigenvalue weighted by Gasteiger charge is -2.26. The van der Waals surface area contributed by atoms with Gasteiger partial charge in [0.25, 0.3) is 0 Å². The normalized spacial score (nSPS) is 15.5. The predicted molar refractivity (Wildman–Crippen MR) is 117 cm³/mol. The van der Waals surface area contributed by atoms with E-state index in [0.717, 1.165) is 45.3 Å². The van der Waals surface area contributed by atoms with Crippen molar-refractivity contribution in [3.63, 3.8) is 0 Å². The van der Waals surface area contributed by atoms with Gasteiger partial charge in [0, 0.05) is 24.2 Å². The zero-order valence-corrected chi connectivity index (χ0v) is 18.2. The molecule has 0 bridgehead atoms. The number of unbranched alkanes of at least 4 members (excludes halogenated alkanes) is 1. The molecule has 0 unspecified atom stereocenters. The second kappa shape index (κ2) is 10.1. The average molecular weight is 462 g/mol. The molecule has 0 saturated carbocycles. The number of morpholine rings is 1. The first-order valence-corrected chi connectivity index (χ1v) is 10.2. The standard InChI is InChI=1S/C23H23NO7.ClH/c25-17-5-3-4-15-19(17)22(28)20-16(21(15)27)12-14(13-18(20)26)23(29)31-9-2-1-6-24-7-10-30-11-8-24;/h3-5,12-13,25-26H,1-2,6-11H2;1H. The molecule has 1 fully saturated rings. The number of phenols is 2. The van der Waals surface area contributed by atoms with E-state index in [1.807, 2.05) is 0 Å². The van der Waals surface area contributed by atoms with Gasteiger partial charge in [-0.3, -0.25) is 14.5 Å². The Labute approximate surface area is 191 Å². The molecular weight excluding hydrogens is 438 g/mol. The largest absolute Gasteiger partial charge is 0.507 e. The van der Waals surface area contributed by atoms with Gasteiger partial charge in [0.05, 0.1) is 36.5 Å². The minimum Gasteiger partial charge on any atom is -0.507 e. The van der Waals surface area contributed by atoms with Crippen molar-refractivity contribution in [3.05, 3.63) is 58.1 Å². The van der Waals surface area contributed by atoms with E-state index in [2.05, 4.69) is 4.90 Å². The predicted octanol–water partition coefficient (Wildman–Crippen LogP) is 2.56. The number of phenolic OH excluding ortho intramolecular Hbond substituents is 2. The third-order valence-electron chi connectivity index (χ3n) is 5.54. The highest BCUT2D eigenvalue weighted by Gasteiger charge is 2.35. The fraction of sp³-hybridized carbons (Fsp3) is 0.348. The summed E-state index contributed by atoms with van der Waals surface area (Å²) in [7, 11) is 0. The third-order valence-corrected chi connectivity index (χ3v) is 5.54. The molecule has 9 heteroatoms. The molecule has 2 N–H and O–H groups in total. The fourth-order valence-electron chi connectivity index (χ4n) is 3.91. The van der Waals surface area contributed by atoms with E-state index in [-0.39, 0.29) is 52.6 Å². The van der Waals surface area contributed by atoms with E-state index >= 15 is 0 Å². The third kappa shape index (κ3) is 4.62. The second-order valence-corrected chi connectivity index (χ2v) is 7.57. The van der Waals surface area contributed by atoms with Gasteiger partial charge in [-0.2, -0.15) is 0 Å². The summed E-state index contributed by atoms with van der Waals surface area (Å²) in [5, 5.41) is 20.4. The quantitative estimate of drug-likeness (QED) is 0.425. The van der Waals surface area contributed by atoms with Gasteiger partial charge in [0.1, 0.15) is 11.5 Å². The minimum absolute atomic E-state index is 0. The summed E-state index contributed by atoms with van der Waals surface area (Å²) in [6.07, 6.45) is 1.56. The first-order valence-electron chi connectivity index (χ1n) is 10.2. The van der Waals surface area contributed by atoms with E-state index in [4.69, 9.17) is 9.47 Å². The fourth-order valence-corrected chi connectivity index (χ4v) is 3.91. The Bertz CT molecular complexity index is 1050. The number of rotatable bonds is 6. The summed E-state index contributed by atoms with van der Waals surface area (Å²) in [6, 6.07) is 6.56. The van der Waals surface area contributed by atoms with Gasteiger partial charge in [0.15, 0.2) is 5.78 Å². The van der Waals surface area contributed by atoms with E-state index in [9.17, 15) is 24.6 Å². The summed E-state index contributed by atoms with van der Waals surface area (Å²) >= 11 is 0. The van der Waals surface area contributed by atoms with Crippen LogP contribution in [0.4, 0.5) is 0 Å². The van der Waals surface area contributed by atoms with E-state index in [1.54, 1.807) is 0 Å². The van der Waals surface area contributed by atoms with Gasteiger partial charge < -0.3 is 19.7 Å². The number of ether oxygens (including phenoxy) is 2. The molecular formula is C23H24ClNO7. The molecule has 0 aromatic heterocycles. The summed E-state index contributed by atoms with van der Waals surface area (Å²) in [5.41, 5.74) is -0.422. The zero-order chi connectivity index (χ0) is 22.0. The molecule has 0 spiro atoms. The lowest BCUT2D eigenvalue weighted by Crippen LogP contribution is -2.36. The molecule has 0 radical (unpaired) electrons. The Morgan fingerprint density at radius 3 is 2.44 bits per heavy atom. The van der Waals surface area contributed by atoms with Gasteiger partial charge in [-0.1, -0.05) is 12.1 Å². The number of hydrogen-bond acceptors (Lipinski definition) is 8. The number of halogens is 1. The van der Waals surface area contributed by atoms with Gasteiger partial charge in [-0.05, 0) is 37.6 Å². The van der Waals surface area contributed by atoms with Crippen molar-refractivity contribution in [2.45, 2.75) is 12.8 Å². The highest BCUT2D eigenvalue weighted by Crippen LogP contribution is 2.37. The van der Waals surface area contributed by atoms with Crippen LogP contribution in [0.2, 0.25) is 0 Å². The maximum Gasteiger partial charge on any atom is 0.338 e. The number of nitrogens with zero attached hydrogens (tertiary/aromatic N) is 1. The monoisotopic (exact) mass is 461 g/mol. The van der Waals surface area contributed by atoms with Crippen LogP contribution in [0.15, 0.2) is 30.3 Å². The average Bonchev–Trinajstić information content (AvgIpc) is 2.77. The van der Waals surface area contributed by atoms with Gasteiger partial charge >= 0.3 is 5.97 Å². The Morgan fingerprint density at radius 1 is 0.969 bits per heavy atom. The van der Waals surface area contributed by atoms with Crippen molar-refractivity contribution < 1.29 is 34.1 Å². The van der Waals surface area contributed by atoms with Crippen LogP contribution in [0.3, 0.4) is 0 Å². The van der Waals surface area contributed by atoms with Crippen molar-refractivity contribution >= 4 is 29.9 Å². The molecule has 0 amide bonds. The van der Waals surface area contributed by atoms with Crippen LogP contribution in [0, 0.1) is 0 Å². The lowest BCUT2D eigenvalue weighted by molar-refractivity contribution is 0.0348. The Hall–Kier alpha value is -2.94. The van der Waals surface area contributed by atoms with Gasteiger partial charge in [-0.15, -0.1) is 12.4 Å². The summed E-state index contributed by atoms with van der Waals surface area (Å²) in [5.74, 6) is -2.71. The van der Waals surface area contributed by atoms with Crippen LogP contribution in [0.1, 0.15) is 55.0 Å². The zero-order valence-electron chi connectivity index (χ0n) is 17.3. The van der Waals surface area contributed by atoms with Crippen LogP contribution < -0.4 is 0 Å². The van der Waals surface area contributed by atoms with E-state index in [0.29, 0.717) is 6.42 Å². The molecule has 2 aliphatic rings. The molecule has 32 heavy (non-hydrogen) atoms. The van der Waals surface area contributed by atoms with Crippen LogP contribution in [0.5, 0.6) is 11.5 Å². The Morgan fingerprint density at radius 2 is 1.69 bits per heavy atom. The number of fused-ring (bicyclic) bond motifs is 2. The lowest BCUT2D eigenvalue weighted by atomic mass is 9.82.